The van der Waals surface area contributed by atoms with Gasteiger partial charge in [-0.05, 0) is 37.6 Å². The van der Waals surface area contributed by atoms with E-state index in [-0.39, 0.29) is 18.0 Å². The Kier molecular flexibility index (Phi) is 7.15. The van der Waals surface area contributed by atoms with Crippen molar-refractivity contribution in [3.8, 4) is 10.4 Å². The number of piperazine rings is 1. The predicted molar refractivity (Wildman–Crippen MR) is 125 cm³/mol. The van der Waals surface area contributed by atoms with Gasteiger partial charge in [0, 0.05) is 60.3 Å². The molecule has 4 heterocycles. The average Bonchev–Trinajstić information content (AvgIpc) is 3.25. The highest BCUT2D eigenvalue weighted by Gasteiger charge is 2.30. The zero-order chi connectivity index (χ0) is 21.3. The number of aromatic amines is 1. The summed E-state index contributed by atoms with van der Waals surface area (Å²) in [5, 5.41) is 0. The van der Waals surface area contributed by atoms with Gasteiger partial charge >= 0.3 is 0 Å². The van der Waals surface area contributed by atoms with E-state index in [0.29, 0.717) is 48.3 Å². The Labute approximate surface area is 191 Å². The number of aryl methyl sites for hydroxylation is 2. The zero-order valence-corrected chi connectivity index (χ0v) is 19.7. The molecule has 4 rings (SSSR count). The summed E-state index contributed by atoms with van der Waals surface area (Å²) in [6, 6.07) is 7.07. The fraction of sp³-hybridized carbons (Fsp3) is 0.350. The lowest BCUT2D eigenvalue weighted by Crippen LogP contribution is -2.49. The third-order valence-electron chi connectivity index (χ3n) is 5.21. The summed E-state index contributed by atoms with van der Waals surface area (Å²) in [6.45, 7) is 5.60. The molecular weight excluding hydrogens is 458 g/mol. The highest BCUT2D eigenvalue weighted by Crippen LogP contribution is 2.34. The summed E-state index contributed by atoms with van der Waals surface area (Å²) in [5.41, 5.74) is 2.19. The van der Waals surface area contributed by atoms with Gasteiger partial charge in [-0.2, -0.15) is 4.31 Å². The lowest BCUT2D eigenvalue weighted by atomic mass is 10.1. The number of sulfonamides is 1. The highest BCUT2D eigenvalue weighted by atomic mass is 35.5. The number of aromatic nitrogens is 3. The third-order valence-corrected chi connectivity index (χ3v) is 8.70. The zero-order valence-electron chi connectivity index (χ0n) is 17.2. The molecule has 0 aromatic carbocycles. The van der Waals surface area contributed by atoms with Crippen LogP contribution in [0.3, 0.4) is 0 Å². The van der Waals surface area contributed by atoms with Crippen molar-refractivity contribution in [1.82, 2.24) is 19.3 Å². The number of nitrogens with zero attached hydrogens (tertiary/aromatic N) is 4. The van der Waals surface area contributed by atoms with Crippen molar-refractivity contribution >= 4 is 39.7 Å². The Bertz CT molecular complexity index is 1200. The van der Waals surface area contributed by atoms with Crippen LogP contribution in [-0.2, 0) is 16.4 Å². The van der Waals surface area contributed by atoms with Crippen molar-refractivity contribution < 1.29 is 8.42 Å². The minimum atomic E-state index is -3.58. The number of rotatable bonds is 5. The molecule has 166 valence electrons. The molecule has 0 saturated carbocycles. The third kappa shape index (κ3) is 4.67. The molecule has 31 heavy (non-hydrogen) atoms. The van der Waals surface area contributed by atoms with E-state index in [4.69, 9.17) is 0 Å². The summed E-state index contributed by atoms with van der Waals surface area (Å²) in [4.78, 5) is 26.1. The number of halogens is 1. The maximum atomic E-state index is 13.2. The van der Waals surface area contributed by atoms with E-state index < -0.39 is 10.0 Å². The molecule has 8 nitrogen and oxygen atoms in total. The Morgan fingerprint density at radius 3 is 2.45 bits per heavy atom. The number of hydrogen-bond donors (Lipinski definition) is 1. The van der Waals surface area contributed by atoms with Crippen LogP contribution < -0.4 is 10.5 Å². The van der Waals surface area contributed by atoms with E-state index in [0.717, 1.165) is 16.1 Å². The smallest absolute Gasteiger partial charge is 0.252 e. The van der Waals surface area contributed by atoms with Gasteiger partial charge in [-0.15, -0.1) is 23.7 Å². The topological polar surface area (TPSA) is 99.3 Å². The largest absolute Gasteiger partial charge is 0.338 e. The summed E-state index contributed by atoms with van der Waals surface area (Å²) in [5.74, 6) is 0.619. The van der Waals surface area contributed by atoms with E-state index in [1.165, 1.54) is 15.6 Å². The van der Waals surface area contributed by atoms with Crippen molar-refractivity contribution in [3.63, 3.8) is 0 Å². The lowest BCUT2D eigenvalue weighted by molar-refractivity contribution is 0.383. The van der Waals surface area contributed by atoms with E-state index in [2.05, 4.69) is 15.0 Å². The van der Waals surface area contributed by atoms with Gasteiger partial charge in [-0.3, -0.25) is 4.79 Å². The second-order valence-corrected chi connectivity index (χ2v) is 10.3. The monoisotopic (exact) mass is 481 g/mol. The second kappa shape index (κ2) is 9.47. The number of anilines is 1. The van der Waals surface area contributed by atoms with E-state index in [9.17, 15) is 13.2 Å². The number of nitrogens with one attached hydrogen (secondary N) is 1. The lowest BCUT2D eigenvalue weighted by Gasteiger charge is -2.33. The predicted octanol–water partition coefficient (Wildman–Crippen LogP) is 2.70. The van der Waals surface area contributed by atoms with E-state index in [1.807, 2.05) is 30.9 Å². The van der Waals surface area contributed by atoms with Crippen LogP contribution in [-0.4, -0.2) is 53.9 Å². The molecule has 0 spiro atoms. The van der Waals surface area contributed by atoms with Crippen LogP contribution in [0.5, 0.6) is 0 Å². The quantitative estimate of drug-likeness (QED) is 0.601. The molecule has 3 aromatic heterocycles. The molecule has 11 heteroatoms. The highest BCUT2D eigenvalue weighted by molar-refractivity contribution is 7.91. The Hall–Kier alpha value is -2.27. The fourth-order valence-corrected chi connectivity index (χ4v) is 6.45. The van der Waals surface area contributed by atoms with Crippen LogP contribution in [0, 0.1) is 6.92 Å². The summed E-state index contributed by atoms with van der Waals surface area (Å²) < 4.78 is 28.2. The molecule has 1 saturated heterocycles. The average molecular weight is 482 g/mol. The molecule has 0 radical (unpaired) electrons. The minimum Gasteiger partial charge on any atom is -0.338 e. The molecule has 0 unspecified atom stereocenters. The molecule has 0 bridgehead atoms. The minimum absolute atomic E-state index is 0. The van der Waals surface area contributed by atoms with Crippen molar-refractivity contribution in [1.29, 1.82) is 0 Å². The van der Waals surface area contributed by atoms with Crippen LogP contribution in [0.4, 0.5) is 5.95 Å². The van der Waals surface area contributed by atoms with Crippen LogP contribution >= 0.6 is 23.7 Å². The van der Waals surface area contributed by atoms with E-state index in [1.54, 1.807) is 24.5 Å². The molecule has 1 N–H and O–H groups in total. The first kappa shape index (κ1) is 23.4. The van der Waals surface area contributed by atoms with Crippen LogP contribution in [0.25, 0.3) is 10.4 Å². The van der Waals surface area contributed by atoms with Crippen LogP contribution in [0.1, 0.15) is 18.2 Å². The normalized spacial score (nSPS) is 15.0. The van der Waals surface area contributed by atoms with Crippen molar-refractivity contribution in [3.05, 3.63) is 58.3 Å². The van der Waals surface area contributed by atoms with Crippen molar-refractivity contribution in [2.45, 2.75) is 24.5 Å². The molecule has 1 aliphatic rings. The number of thiophene rings is 1. The number of hydrogen-bond acceptors (Lipinski definition) is 7. The van der Waals surface area contributed by atoms with Crippen molar-refractivity contribution in [2.75, 3.05) is 31.1 Å². The van der Waals surface area contributed by atoms with Gasteiger partial charge in [0.05, 0.1) is 0 Å². The van der Waals surface area contributed by atoms with Gasteiger partial charge in [-0.25, -0.2) is 18.4 Å². The Morgan fingerprint density at radius 1 is 1.13 bits per heavy atom. The summed E-state index contributed by atoms with van der Waals surface area (Å²) in [7, 11) is -3.58. The number of pyridine rings is 1. The van der Waals surface area contributed by atoms with Crippen molar-refractivity contribution in [2.24, 2.45) is 0 Å². The second-order valence-electron chi connectivity index (χ2n) is 7.07. The summed E-state index contributed by atoms with van der Waals surface area (Å²) >= 11 is 1.23. The summed E-state index contributed by atoms with van der Waals surface area (Å²) in [6.07, 6.45) is 3.98. The molecule has 0 aliphatic carbocycles. The standard InChI is InChI=1S/C20H23N5O3S2.ClH/c1-3-15-13-16(14(2)23-19(15)26)17-5-6-18(29-17)30(27,28)25-11-9-24(10-12-25)20-21-7-4-8-22-20;/h4-8,13H,3,9-12H2,1-2H3,(H,23,26);1H. The van der Waals surface area contributed by atoms with E-state index >= 15 is 0 Å². The first-order chi connectivity index (χ1) is 14.4. The molecule has 0 atom stereocenters. The maximum absolute atomic E-state index is 13.2. The van der Waals surface area contributed by atoms with Gasteiger partial charge < -0.3 is 9.88 Å². The molecule has 0 amide bonds. The van der Waals surface area contributed by atoms with Crippen LogP contribution in [0.15, 0.2) is 45.7 Å². The van der Waals surface area contributed by atoms with Gasteiger partial charge in [0.25, 0.3) is 15.6 Å². The van der Waals surface area contributed by atoms with Crippen LogP contribution in [0.2, 0.25) is 0 Å². The number of H-pyrrole nitrogens is 1. The fourth-order valence-electron chi connectivity index (χ4n) is 3.50. The Morgan fingerprint density at radius 2 is 1.81 bits per heavy atom. The van der Waals surface area contributed by atoms with Gasteiger partial charge in [0.15, 0.2) is 0 Å². The van der Waals surface area contributed by atoms with Gasteiger partial charge in [-0.1, -0.05) is 6.92 Å². The molecular formula is C20H24ClN5O3S2. The maximum Gasteiger partial charge on any atom is 0.252 e. The first-order valence-electron chi connectivity index (χ1n) is 9.75. The molecule has 1 aliphatic heterocycles. The van der Waals surface area contributed by atoms with Gasteiger partial charge in [0.2, 0.25) is 5.95 Å². The molecule has 3 aromatic rings. The molecule has 1 fully saturated rings. The Balaban J connectivity index is 0.00000272. The van der Waals surface area contributed by atoms with Gasteiger partial charge in [0.1, 0.15) is 4.21 Å². The first-order valence-corrected chi connectivity index (χ1v) is 12.0. The SMILES string of the molecule is CCc1cc(-c2ccc(S(=O)(=O)N3CCN(c4ncccn4)CC3)s2)c(C)[nH]c1=O.Cl.